The molecule has 1 aliphatic carbocycles. The third-order valence-electron chi connectivity index (χ3n) is 4.13. The molecule has 0 bridgehead atoms. The van der Waals surface area contributed by atoms with Gasteiger partial charge in [0.05, 0.1) is 13.2 Å². The van der Waals surface area contributed by atoms with E-state index in [9.17, 15) is 0 Å². The van der Waals surface area contributed by atoms with Gasteiger partial charge in [-0.05, 0) is 30.9 Å². The summed E-state index contributed by atoms with van der Waals surface area (Å²) < 4.78 is 10.9. The first-order chi connectivity index (χ1) is 11.1. The molecule has 1 aromatic heterocycles. The average molecular weight is 336 g/mol. The zero-order valence-corrected chi connectivity index (χ0v) is 14.4. The van der Waals surface area contributed by atoms with Crippen molar-refractivity contribution in [2.24, 2.45) is 5.92 Å². The molecule has 23 heavy (non-hydrogen) atoms. The van der Waals surface area contributed by atoms with Crippen LogP contribution < -0.4 is 10.1 Å². The van der Waals surface area contributed by atoms with Crippen molar-refractivity contribution in [3.63, 3.8) is 0 Å². The van der Waals surface area contributed by atoms with Crippen LogP contribution in [0.25, 0.3) is 0 Å². The van der Waals surface area contributed by atoms with Crippen LogP contribution in [0, 0.1) is 5.92 Å². The second-order valence-electron chi connectivity index (χ2n) is 6.29. The van der Waals surface area contributed by atoms with Crippen LogP contribution in [0.5, 0.6) is 5.75 Å². The second-order valence-corrected chi connectivity index (χ2v) is 6.70. The van der Waals surface area contributed by atoms with Gasteiger partial charge in [-0.1, -0.05) is 36.7 Å². The molecule has 0 amide bonds. The van der Waals surface area contributed by atoms with Crippen molar-refractivity contribution in [1.29, 1.82) is 0 Å². The van der Waals surface area contributed by atoms with Crippen LogP contribution >= 0.6 is 11.6 Å². The fourth-order valence-corrected chi connectivity index (χ4v) is 2.84. The molecule has 2 aromatic rings. The highest BCUT2D eigenvalue weighted by Gasteiger charge is 2.31. The average Bonchev–Trinajstić information content (AvgIpc) is 3.27. The molecule has 1 heterocycles. The van der Waals surface area contributed by atoms with Gasteiger partial charge in [-0.15, -0.1) is 0 Å². The highest BCUT2D eigenvalue weighted by molar-refractivity contribution is 6.31. The molecule has 1 N–H and O–H groups in total. The lowest BCUT2D eigenvalue weighted by atomic mass is 10.0. The third-order valence-corrected chi connectivity index (χ3v) is 4.48. The van der Waals surface area contributed by atoms with E-state index in [2.05, 4.69) is 29.3 Å². The smallest absolute Gasteiger partial charge is 0.244 e. The summed E-state index contributed by atoms with van der Waals surface area (Å²) in [4.78, 5) is 4.57. The number of hydrogen-bond acceptors (Lipinski definition) is 5. The van der Waals surface area contributed by atoms with Crippen LogP contribution in [0.2, 0.25) is 5.02 Å². The molecule has 6 heteroatoms. The predicted molar refractivity (Wildman–Crippen MR) is 88.7 cm³/mol. The SMILES string of the molecule is COc1cccc(Cl)c1CN[C@H](c1nc(C2CC2)no1)C(C)C. The van der Waals surface area contributed by atoms with Gasteiger partial charge in [0.1, 0.15) is 5.75 Å². The molecule has 0 radical (unpaired) electrons. The molecule has 1 saturated carbocycles. The summed E-state index contributed by atoms with van der Waals surface area (Å²) in [6.45, 7) is 4.83. The molecule has 1 aliphatic rings. The number of nitrogens with one attached hydrogen (secondary N) is 1. The lowest BCUT2D eigenvalue weighted by Gasteiger charge is -2.20. The van der Waals surface area contributed by atoms with Crippen LogP contribution in [0.3, 0.4) is 0 Å². The molecular weight excluding hydrogens is 314 g/mol. The Balaban J connectivity index is 1.75. The first kappa shape index (κ1) is 16.3. The van der Waals surface area contributed by atoms with E-state index in [-0.39, 0.29) is 6.04 Å². The normalized spacial score (nSPS) is 15.9. The van der Waals surface area contributed by atoms with Crippen LogP contribution in [-0.4, -0.2) is 17.3 Å². The Morgan fingerprint density at radius 3 is 2.83 bits per heavy atom. The Morgan fingerprint density at radius 2 is 2.17 bits per heavy atom. The van der Waals surface area contributed by atoms with Crippen LogP contribution in [0.1, 0.15) is 55.9 Å². The number of rotatable bonds is 7. The van der Waals surface area contributed by atoms with E-state index in [4.69, 9.17) is 20.9 Å². The lowest BCUT2D eigenvalue weighted by Crippen LogP contribution is -2.26. The van der Waals surface area contributed by atoms with Gasteiger partial charge in [-0.3, -0.25) is 0 Å². The summed E-state index contributed by atoms with van der Waals surface area (Å²) >= 11 is 6.30. The fourth-order valence-electron chi connectivity index (χ4n) is 2.60. The summed E-state index contributed by atoms with van der Waals surface area (Å²) in [5.74, 6) is 3.06. The van der Waals surface area contributed by atoms with Crippen LogP contribution in [0.4, 0.5) is 0 Å². The lowest BCUT2D eigenvalue weighted by molar-refractivity contribution is 0.285. The summed E-state index contributed by atoms with van der Waals surface area (Å²) in [7, 11) is 1.65. The molecular formula is C17H22ClN3O2. The highest BCUT2D eigenvalue weighted by atomic mass is 35.5. The monoisotopic (exact) mass is 335 g/mol. The maximum atomic E-state index is 6.30. The van der Waals surface area contributed by atoms with Crippen LogP contribution in [-0.2, 0) is 6.54 Å². The number of hydrogen-bond donors (Lipinski definition) is 1. The molecule has 5 nitrogen and oxygen atoms in total. The number of aromatic nitrogens is 2. The number of ether oxygens (including phenoxy) is 1. The molecule has 0 unspecified atom stereocenters. The van der Waals surface area contributed by atoms with Crippen molar-refractivity contribution in [3.8, 4) is 5.75 Å². The second kappa shape index (κ2) is 6.89. The zero-order valence-electron chi connectivity index (χ0n) is 13.7. The molecule has 0 saturated heterocycles. The third kappa shape index (κ3) is 3.67. The van der Waals surface area contributed by atoms with Gasteiger partial charge < -0.3 is 14.6 Å². The maximum Gasteiger partial charge on any atom is 0.244 e. The Hall–Kier alpha value is -1.59. The number of halogens is 1. The van der Waals surface area contributed by atoms with E-state index in [1.807, 2.05) is 18.2 Å². The van der Waals surface area contributed by atoms with Crippen molar-refractivity contribution < 1.29 is 9.26 Å². The summed E-state index contributed by atoms with van der Waals surface area (Å²) in [6, 6.07) is 5.63. The highest BCUT2D eigenvalue weighted by Crippen LogP contribution is 2.38. The standard InChI is InChI=1S/C17H22ClN3O2/c1-10(2)15(17-20-16(21-23-17)11-7-8-11)19-9-12-13(18)5-4-6-14(12)22-3/h4-6,10-11,15,19H,7-9H2,1-3H3/t15-/m0/s1. The maximum absolute atomic E-state index is 6.30. The van der Waals surface area contributed by atoms with Crippen molar-refractivity contribution in [3.05, 3.63) is 40.5 Å². The van der Waals surface area contributed by atoms with E-state index in [0.29, 0.717) is 29.3 Å². The molecule has 0 aliphatic heterocycles. The van der Waals surface area contributed by atoms with Crippen LogP contribution in [0.15, 0.2) is 22.7 Å². The van der Waals surface area contributed by atoms with Crippen molar-refractivity contribution in [2.75, 3.05) is 7.11 Å². The van der Waals surface area contributed by atoms with E-state index in [1.54, 1.807) is 7.11 Å². The minimum absolute atomic E-state index is 0.0176. The van der Waals surface area contributed by atoms with Gasteiger partial charge in [0, 0.05) is 23.0 Å². The van der Waals surface area contributed by atoms with Gasteiger partial charge in [0.15, 0.2) is 5.82 Å². The predicted octanol–water partition coefficient (Wildman–Crippen LogP) is 4.10. The Kier molecular flexibility index (Phi) is 4.87. The number of benzene rings is 1. The molecule has 1 aromatic carbocycles. The van der Waals surface area contributed by atoms with Crippen molar-refractivity contribution in [1.82, 2.24) is 15.5 Å². The Labute approximate surface area is 141 Å². The first-order valence-corrected chi connectivity index (χ1v) is 8.36. The minimum atomic E-state index is -0.0176. The Bertz CT molecular complexity index is 668. The van der Waals surface area contributed by atoms with E-state index in [0.717, 1.165) is 30.0 Å². The number of nitrogens with zero attached hydrogens (tertiary/aromatic N) is 2. The molecule has 1 fully saturated rings. The van der Waals surface area contributed by atoms with E-state index in [1.165, 1.54) is 0 Å². The molecule has 1 atom stereocenters. The molecule has 124 valence electrons. The molecule has 0 spiro atoms. The van der Waals surface area contributed by atoms with Gasteiger partial charge >= 0.3 is 0 Å². The van der Waals surface area contributed by atoms with Gasteiger partial charge in [-0.2, -0.15) is 4.98 Å². The largest absolute Gasteiger partial charge is 0.496 e. The Morgan fingerprint density at radius 1 is 1.39 bits per heavy atom. The van der Waals surface area contributed by atoms with Gasteiger partial charge in [0.25, 0.3) is 0 Å². The first-order valence-electron chi connectivity index (χ1n) is 7.98. The minimum Gasteiger partial charge on any atom is -0.496 e. The van der Waals surface area contributed by atoms with E-state index < -0.39 is 0 Å². The summed E-state index contributed by atoms with van der Waals surface area (Å²) in [6.07, 6.45) is 2.32. The summed E-state index contributed by atoms with van der Waals surface area (Å²) in [5.41, 5.74) is 0.934. The van der Waals surface area contributed by atoms with Gasteiger partial charge in [-0.25, -0.2) is 0 Å². The quantitative estimate of drug-likeness (QED) is 0.825. The van der Waals surface area contributed by atoms with Gasteiger partial charge in [0.2, 0.25) is 5.89 Å². The topological polar surface area (TPSA) is 60.2 Å². The summed E-state index contributed by atoms with van der Waals surface area (Å²) in [5, 5.41) is 8.27. The zero-order chi connectivity index (χ0) is 16.4. The molecule has 3 rings (SSSR count). The fraction of sp³-hybridized carbons (Fsp3) is 0.529. The van der Waals surface area contributed by atoms with Crippen molar-refractivity contribution in [2.45, 2.75) is 45.2 Å². The van der Waals surface area contributed by atoms with E-state index >= 15 is 0 Å². The number of methoxy groups -OCH3 is 1. The van der Waals surface area contributed by atoms with Crippen molar-refractivity contribution >= 4 is 11.6 Å².